The number of carbonyl (C=O) groups is 1. The molecule has 3 aromatic carbocycles. The number of fused-ring (bicyclic) bond motifs is 3. The van der Waals surface area contributed by atoms with Gasteiger partial charge in [0.1, 0.15) is 17.5 Å². The summed E-state index contributed by atoms with van der Waals surface area (Å²) in [5.41, 5.74) is 17.5. The van der Waals surface area contributed by atoms with Gasteiger partial charge in [-0.3, -0.25) is 19.2 Å². The van der Waals surface area contributed by atoms with Crippen LogP contribution in [0.2, 0.25) is 0 Å². The van der Waals surface area contributed by atoms with Crippen LogP contribution in [0.3, 0.4) is 0 Å². The van der Waals surface area contributed by atoms with Gasteiger partial charge >= 0.3 is 0 Å². The molecule has 21 nitrogen and oxygen atoms in total. The number of H-pyrrole nitrogens is 3. The minimum atomic E-state index is -0.467. The van der Waals surface area contributed by atoms with Crippen molar-refractivity contribution in [2.24, 2.45) is 5.73 Å². The highest BCUT2D eigenvalue weighted by molar-refractivity contribution is 9.10. The molecule has 0 saturated heterocycles. The van der Waals surface area contributed by atoms with Crippen molar-refractivity contribution >= 4 is 88.7 Å². The monoisotopic (exact) mass is 1490 g/mol. The van der Waals surface area contributed by atoms with Crippen molar-refractivity contribution in [2.75, 3.05) is 92.6 Å². The SMILES string of the molecule is CCN(c1cc(Br)cc2c(NCc3c(C)cc(C)[nH]c3=O)nccc12)C1CCC(N(C)C)CC1.CCN(c1cc(C#N)cc2c(NCc3c(C)cc(C)[nH]c3=O)nccc12)C1CCC(N(C)C)CC1.CCN(c1cc(C(N)=O)cc2c(NCc3c(C)cc(C)[nH]c3=O)nccc12)C1CCC(N(C)C)CC1. The van der Waals surface area contributed by atoms with Gasteiger partial charge in [0, 0.05) is 187 Å². The highest BCUT2D eigenvalue weighted by Crippen LogP contribution is 2.41. The molecule has 12 rings (SSSR count). The fourth-order valence-corrected chi connectivity index (χ4v) is 16.9. The summed E-state index contributed by atoms with van der Waals surface area (Å²) in [7, 11) is 13.0. The summed E-state index contributed by atoms with van der Waals surface area (Å²) in [4.78, 5) is 86.8. The lowest BCUT2D eigenvalue weighted by Crippen LogP contribution is -2.42. The third kappa shape index (κ3) is 18.6. The van der Waals surface area contributed by atoms with E-state index in [-0.39, 0.29) is 16.7 Å². The van der Waals surface area contributed by atoms with Crippen LogP contribution in [0, 0.1) is 52.9 Å². The van der Waals surface area contributed by atoms with E-state index < -0.39 is 5.91 Å². The van der Waals surface area contributed by atoms with Gasteiger partial charge < -0.3 is 66.0 Å². The van der Waals surface area contributed by atoms with Crippen LogP contribution in [-0.4, -0.2) is 149 Å². The molecule has 3 fully saturated rings. The smallest absolute Gasteiger partial charge is 0.253 e. The summed E-state index contributed by atoms with van der Waals surface area (Å²) in [6, 6.07) is 29.8. The third-order valence-corrected chi connectivity index (χ3v) is 22.7. The number of aromatic amines is 3. The Bertz CT molecular complexity index is 4760. The van der Waals surface area contributed by atoms with E-state index in [0.717, 1.165) is 146 Å². The second-order valence-corrected chi connectivity index (χ2v) is 30.6. The van der Waals surface area contributed by atoms with E-state index >= 15 is 0 Å². The highest BCUT2D eigenvalue weighted by Gasteiger charge is 2.32. The number of nitriles is 1. The lowest BCUT2D eigenvalue weighted by atomic mass is 9.89. The van der Waals surface area contributed by atoms with Gasteiger partial charge in [-0.25, -0.2) is 15.0 Å². The van der Waals surface area contributed by atoms with Gasteiger partial charge in [0.05, 0.1) is 11.6 Å². The molecule has 8 N–H and O–H groups in total. The Morgan fingerprint density at radius 2 is 0.762 bits per heavy atom. The van der Waals surface area contributed by atoms with Gasteiger partial charge in [-0.1, -0.05) is 15.9 Å². The minimum Gasteiger partial charge on any atom is -0.368 e. The summed E-state index contributed by atoms with van der Waals surface area (Å²) in [6.07, 6.45) is 19.5. The highest BCUT2D eigenvalue weighted by atomic mass is 79.9. The first-order valence-electron chi connectivity index (χ1n) is 37.5. The lowest BCUT2D eigenvalue weighted by molar-refractivity contribution is 0.100. The number of aromatic nitrogens is 6. The molecular formula is C83H110BrN17O4. The predicted octanol–water partition coefficient (Wildman–Crippen LogP) is 14.3. The first kappa shape index (κ1) is 78.4. The van der Waals surface area contributed by atoms with Crippen molar-refractivity contribution in [3.8, 4) is 6.07 Å². The molecule has 105 heavy (non-hydrogen) atoms. The maximum atomic E-state index is 12.5. The fraction of sp³-hybridized carbons (Fsp3) is 0.470. The molecule has 6 aromatic heterocycles. The maximum absolute atomic E-state index is 12.5. The van der Waals surface area contributed by atoms with E-state index in [1.54, 1.807) is 12.3 Å². The number of hydrogen-bond acceptors (Lipinski definition) is 17. The Kier molecular flexibility index (Phi) is 26.4. The fourth-order valence-electron chi connectivity index (χ4n) is 16.5. The molecular weight excluding hydrogens is 1380 g/mol. The number of halogens is 1. The lowest BCUT2D eigenvalue weighted by Gasteiger charge is -2.40. The zero-order chi connectivity index (χ0) is 75.5. The molecule has 3 aliphatic rings. The molecule has 6 heterocycles. The molecule has 0 bridgehead atoms. The standard InChI is InChI=1S/C28H38N6O2.C28H36N6O.C27H36BrN5O/c1-6-34(21-9-7-20(8-10-21)33(4)5)25-15-19(26(29)35)14-23-22(25)11-12-30-27(23)31-16-24-17(2)13-18(3)32-28(24)36;1-6-34(22-9-7-21(8-10-22)33(4)5)26-15-20(16-29)14-24-23(26)11-12-30-27(24)31-17-25-18(2)13-19(3)32-28(25)35;1-6-33(21-9-7-20(8-10-21)32(4)5)25-15-19(28)14-23-22(25)11-12-29-26(23)30-16-24-17(2)13-18(3)31-27(24)34/h11-15,20-21H,6-10,16H2,1-5H3,(H2,29,35)(H,30,31)(H,32,36);11-15,21-22H,6-10,17H2,1-5H3,(H,30,31)(H,32,35);11-15,20-21H,6-10,16H2,1-5H3,(H,29,30)(H,31,34). The third-order valence-electron chi connectivity index (χ3n) is 22.2. The van der Waals surface area contributed by atoms with Crippen molar-refractivity contribution in [3.05, 3.63) is 189 Å². The molecule has 3 aliphatic carbocycles. The number of aryl methyl sites for hydroxylation is 6. The Morgan fingerprint density at radius 3 is 1.07 bits per heavy atom. The number of anilines is 6. The number of nitrogens with two attached hydrogens (primary N) is 1. The summed E-state index contributed by atoms with van der Waals surface area (Å²) in [6.45, 7) is 21.9. The molecule has 1 amide bonds. The molecule has 0 unspecified atom stereocenters. The van der Waals surface area contributed by atoms with Crippen molar-refractivity contribution < 1.29 is 4.79 Å². The Labute approximate surface area is 627 Å². The first-order chi connectivity index (χ1) is 50.3. The topological polar surface area (TPSA) is 260 Å². The maximum Gasteiger partial charge on any atom is 0.253 e. The van der Waals surface area contributed by atoms with Crippen molar-refractivity contribution in [1.82, 2.24) is 44.6 Å². The number of rotatable bonds is 22. The van der Waals surface area contributed by atoms with Crippen LogP contribution < -0.4 is 53.1 Å². The summed E-state index contributed by atoms with van der Waals surface area (Å²) < 4.78 is 1.04. The molecule has 0 spiro atoms. The number of benzene rings is 3. The van der Waals surface area contributed by atoms with Gasteiger partial charge in [-0.2, -0.15) is 5.26 Å². The Hall–Kier alpha value is -9.14. The van der Waals surface area contributed by atoms with E-state index in [1.165, 1.54) is 49.6 Å². The summed E-state index contributed by atoms with van der Waals surface area (Å²) in [5, 5.41) is 26.1. The first-order valence-corrected chi connectivity index (χ1v) is 38.3. The summed E-state index contributed by atoms with van der Waals surface area (Å²) >= 11 is 3.75. The van der Waals surface area contributed by atoms with Gasteiger partial charge in [0.15, 0.2) is 0 Å². The van der Waals surface area contributed by atoms with Crippen LogP contribution in [0.1, 0.15) is 164 Å². The van der Waals surface area contributed by atoms with Gasteiger partial charge in [-0.15, -0.1) is 0 Å². The van der Waals surface area contributed by atoms with E-state index in [4.69, 9.17) is 5.73 Å². The zero-order valence-corrected chi connectivity index (χ0v) is 66.0. The second kappa shape index (κ2) is 35.3. The van der Waals surface area contributed by atoms with Crippen LogP contribution in [0.5, 0.6) is 0 Å². The molecule has 22 heteroatoms. The van der Waals surface area contributed by atoms with Crippen LogP contribution in [0.25, 0.3) is 32.3 Å². The number of amides is 1. The van der Waals surface area contributed by atoms with Crippen LogP contribution in [-0.2, 0) is 19.6 Å². The Balaban J connectivity index is 0.000000169. The van der Waals surface area contributed by atoms with Gasteiger partial charge in [0.25, 0.3) is 16.7 Å². The molecule has 3 saturated carbocycles. The van der Waals surface area contributed by atoms with Crippen LogP contribution in [0.4, 0.5) is 34.5 Å². The van der Waals surface area contributed by atoms with E-state index in [0.29, 0.717) is 89.8 Å². The normalized spacial score (nSPS) is 18.1. The predicted molar refractivity (Wildman–Crippen MR) is 436 cm³/mol. The summed E-state index contributed by atoms with van der Waals surface area (Å²) in [5.74, 6) is 1.65. The molecule has 558 valence electrons. The molecule has 9 aromatic rings. The second-order valence-electron chi connectivity index (χ2n) is 29.7. The van der Waals surface area contributed by atoms with E-state index in [1.807, 2.05) is 102 Å². The van der Waals surface area contributed by atoms with E-state index in [9.17, 15) is 24.4 Å². The number of nitrogens with one attached hydrogen (secondary N) is 6. The van der Waals surface area contributed by atoms with Crippen molar-refractivity contribution in [1.29, 1.82) is 5.26 Å². The number of pyridine rings is 6. The van der Waals surface area contributed by atoms with Crippen LogP contribution >= 0.6 is 15.9 Å². The number of carbonyl (C=O) groups excluding carboxylic acids is 1. The minimum absolute atomic E-state index is 0.0439. The zero-order valence-electron chi connectivity index (χ0n) is 64.4. The number of nitrogens with zero attached hydrogens (tertiary/aromatic N) is 10. The largest absolute Gasteiger partial charge is 0.368 e. The van der Waals surface area contributed by atoms with E-state index in [2.05, 4.69) is 179 Å². The average molecular weight is 1490 g/mol. The van der Waals surface area contributed by atoms with Crippen molar-refractivity contribution in [2.45, 2.75) is 195 Å². The van der Waals surface area contributed by atoms with Gasteiger partial charge in [-0.05, 0) is 271 Å². The quantitative estimate of drug-likeness (QED) is 0.0333. The Morgan fingerprint density at radius 1 is 0.457 bits per heavy atom. The van der Waals surface area contributed by atoms with Crippen molar-refractivity contribution in [3.63, 3.8) is 0 Å². The molecule has 0 aliphatic heterocycles. The number of primary amides is 1. The number of hydrogen-bond donors (Lipinski definition) is 7. The van der Waals surface area contributed by atoms with Crippen LogP contribution in [0.15, 0.2) is 110 Å². The average Bonchev–Trinajstić information content (AvgIpc) is 0.781. The molecule has 0 radical (unpaired) electrons. The molecule has 0 atom stereocenters. The van der Waals surface area contributed by atoms with Gasteiger partial charge in [0.2, 0.25) is 5.91 Å².